The van der Waals surface area contributed by atoms with Crippen molar-refractivity contribution in [2.75, 3.05) is 24.2 Å². The van der Waals surface area contributed by atoms with Gasteiger partial charge in [-0.05, 0) is 37.1 Å². The fourth-order valence-electron chi connectivity index (χ4n) is 3.01. The van der Waals surface area contributed by atoms with Crippen molar-refractivity contribution in [1.29, 1.82) is 0 Å². The first-order valence-electron chi connectivity index (χ1n) is 9.23. The number of ether oxygens (including phenoxy) is 1. The van der Waals surface area contributed by atoms with Crippen LogP contribution >= 0.6 is 23.5 Å². The lowest BCUT2D eigenvalue weighted by Gasteiger charge is -2.13. The molecule has 7 nitrogen and oxygen atoms in total. The van der Waals surface area contributed by atoms with Crippen LogP contribution in [0.15, 0.2) is 47.6 Å². The maximum atomic E-state index is 15.4. The molecule has 3 heterocycles. The molecule has 0 fully saturated rings. The lowest BCUT2D eigenvalue weighted by atomic mass is 10.0. The summed E-state index contributed by atoms with van der Waals surface area (Å²) in [6.45, 7) is 1.83. The van der Waals surface area contributed by atoms with Crippen LogP contribution in [0, 0.1) is 12.7 Å². The van der Waals surface area contributed by atoms with Crippen LogP contribution in [0.2, 0.25) is 5.02 Å². The third kappa shape index (κ3) is 4.33. The Morgan fingerprint density at radius 2 is 1.94 bits per heavy atom. The van der Waals surface area contributed by atoms with Gasteiger partial charge in [-0.1, -0.05) is 23.7 Å². The molecule has 0 saturated carbocycles. The van der Waals surface area contributed by atoms with Crippen molar-refractivity contribution < 1.29 is 9.13 Å². The monoisotopic (exact) mass is 456 g/mol. The van der Waals surface area contributed by atoms with Crippen molar-refractivity contribution in [3.63, 3.8) is 0 Å². The molecule has 4 rings (SSSR count). The number of aryl methyl sites for hydroxylation is 1. The minimum absolute atomic E-state index is 0.311. The largest absolute Gasteiger partial charge is 0.480 e. The molecule has 0 bridgehead atoms. The van der Waals surface area contributed by atoms with Gasteiger partial charge in [0.25, 0.3) is 0 Å². The summed E-state index contributed by atoms with van der Waals surface area (Å²) in [5, 5.41) is 4.07. The lowest BCUT2D eigenvalue weighted by Crippen LogP contribution is -2.00. The number of benzene rings is 1. The van der Waals surface area contributed by atoms with E-state index >= 15 is 4.39 Å². The second-order valence-electron chi connectivity index (χ2n) is 6.51. The van der Waals surface area contributed by atoms with Crippen molar-refractivity contribution in [2.45, 2.75) is 11.8 Å². The molecule has 4 aromatic rings. The maximum absolute atomic E-state index is 15.4. The molecule has 0 radical (unpaired) electrons. The number of rotatable bonds is 6. The Morgan fingerprint density at radius 1 is 1.10 bits per heavy atom. The first kappa shape index (κ1) is 21.1. The molecule has 0 saturated heterocycles. The van der Waals surface area contributed by atoms with E-state index in [0.29, 0.717) is 49.9 Å². The highest BCUT2D eigenvalue weighted by Gasteiger charge is 2.15. The average molecular weight is 457 g/mol. The van der Waals surface area contributed by atoms with Crippen molar-refractivity contribution in [2.24, 2.45) is 0 Å². The van der Waals surface area contributed by atoms with Gasteiger partial charge >= 0.3 is 0 Å². The van der Waals surface area contributed by atoms with Crippen LogP contribution in [0.1, 0.15) is 5.69 Å². The number of nitrogens with zero attached hydrogens (tertiary/aromatic N) is 4. The van der Waals surface area contributed by atoms with Gasteiger partial charge in [-0.15, -0.1) is 0 Å². The Balaban J connectivity index is 1.68. The Morgan fingerprint density at radius 3 is 2.71 bits per heavy atom. The lowest BCUT2D eigenvalue weighted by molar-refractivity contribution is 0.387. The van der Waals surface area contributed by atoms with E-state index in [0.717, 1.165) is 17.3 Å². The number of aromatic nitrogens is 4. The summed E-state index contributed by atoms with van der Waals surface area (Å²) in [4.78, 5) is 17.9. The second kappa shape index (κ2) is 8.91. The highest BCUT2D eigenvalue weighted by atomic mass is 35.5. The van der Waals surface area contributed by atoms with Crippen LogP contribution in [0.5, 0.6) is 5.88 Å². The molecule has 3 aromatic heterocycles. The Bertz CT molecular complexity index is 1270. The van der Waals surface area contributed by atoms with Crippen molar-refractivity contribution in [1.82, 2.24) is 19.9 Å². The molecule has 0 aliphatic carbocycles. The topological polar surface area (TPSA) is 84.9 Å². The average Bonchev–Trinajstić information content (AvgIpc) is 2.78. The zero-order chi connectivity index (χ0) is 22.0. The number of pyridine rings is 2. The van der Waals surface area contributed by atoms with E-state index in [-0.39, 0.29) is 0 Å². The number of nitrogens with one attached hydrogen (secondary N) is 2. The third-order valence-electron chi connectivity index (χ3n) is 4.52. The van der Waals surface area contributed by atoms with Gasteiger partial charge in [0, 0.05) is 41.6 Å². The zero-order valence-corrected chi connectivity index (χ0v) is 18.5. The Hall–Kier alpha value is -3.17. The summed E-state index contributed by atoms with van der Waals surface area (Å²) in [7, 11) is 3.25. The SMILES string of the molecule is CNc1ncc2cc(-c3cccc(NSc4cc(Cl)cnc4OC)c3F)c(C)nc2n1. The van der Waals surface area contributed by atoms with Crippen LogP contribution in [-0.2, 0) is 0 Å². The van der Waals surface area contributed by atoms with E-state index in [4.69, 9.17) is 16.3 Å². The number of hydrogen-bond acceptors (Lipinski definition) is 8. The quantitative estimate of drug-likeness (QED) is 0.375. The van der Waals surface area contributed by atoms with Gasteiger partial charge in [0.15, 0.2) is 11.5 Å². The molecular formula is C21H18ClFN6OS. The van der Waals surface area contributed by atoms with Crippen LogP contribution in [0.3, 0.4) is 0 Å². The van der Waals surface area contributed by atoms with Gasteiger partial charge in [-0.2, -0.15) is 4.98 Å². The predicted octanol–water partition coefficient (Wildman–Crippen LogP) is 5.36. The Labute approximate surface area is 187 Å². The van der Waals surface area contributed by atoms with E-state index in [9.17, 15) is 0 Å². The summed E-state index contributed by atoms with van der Waals surface area (Å²) in [5.41, 5.74) is 2.61. The van der Waals surface area contributed by atoms with E-state index < -0.39 is 5.82 Å². The van der Waals surface area contributed by atoms with Crippen molar-refractivity contribution in [3.05, 3.63) is 59.3 Å². The standard InChI is InChI=1S/C21H18ClFN6OS/c1-11-15(7-12-9-26-21(24-2)28-19(12)27-11)14-5-4-6-16(18(14)23)29-31-17-8-13(22)10-25-20(17)30-3/h4-10,29H,1-3H3,(H,24,26,27,28). The first-order chi connectivity index (χ1) is 15.0. The van der Waals surface area contributed by atoms with E-state index in [1.165, 1.54) is 13.3 Å². The summed E-state index contributed by atoms with van der Waals surface area (Å²) >= 11 is 7.19. The third-order valence-corrected chi connectivity index (χ3v) is 5.56. The molecule has 31 heavy (non-hydrogen) atoms. The number of anilines is 2. The summed E-state index contributed by atoms with van der Waals surface area (Å²) in [5.74, 6) is 0.474. The first-order valence-corrected chi connectivity index (χ1v) is 10.4. The minimum atomic E-state index is -0.402. The molecule has 0 aliphatic heterocycles. The molecule has 2 N–H and O–H groups in total. The van der Waals surface area contributed by atoms with E-state index in [2.05, 4.69) is 30.0 Å². The van der Waals surface area contributed by atoms with Gasteiger partial charge in [0.05, 0.1) is 22.7 Å². The molecule has 0 amide bonds. The van der Waals surface area contributed by atoms with E-state index in [1.807, 2.05) is 13.0 Å². The maximum Gasteiger partial charge on any atom is 0.228 e. The molecule has 1 aromatic carbocycles. The molecule has 0 unspecified atom stereocenters. The smallest absolute Gasteiger partial charge is 0.228 e. The van der Waals surface area contributed by atoms with E-state index in [1.54, 1.807) is 37.5 Å². The van der Waals surface area contributed by atoms with Gasteiger partial charge in [-0.3, -0.25) is 0 Å². The highest BCUT2D eigenvalue weighted by molar-refractivity contribution is 8.00. The van der Waals surface area contributed by atoms with Crippen molar-refractivity contribution in [3.8, 4) is 17.0 Å². The molecule has 158 valence electrons. The number of hydrogen-bond donors (Lipinski definition) is 2. The van der Waals surface area contributed by atoms with Crippen LogP contribution in [0.4, 0.5) is 16.0 Å². The molecule has 0 aliphatic rings. The molecule has 0 spiro atoms. The summed E-state index contributed by atoms with van der Waals surface area (Å²) in [6, 6.07) is 8.69. The Kier molecular flexibility index (Phi) is 6.06. The van der Waals surface area contributed by atoms with Gasteiger partial charge in [-0.25, -0.2) is 19.3 Å². The highest BCUT2D eigenvalue weighted by Crippen LogP contribution is 2.35. The fourth-order valence-corrected chi connectivity index (χ4v) is 4.02. The number of halogens is 2. The fraction of sp³-hybridized carbons (Fsp3) is 0.143. The molecule has 10 heteroatoms. The van der Waals surface area contributed by atoms with Gasteiger partial charge in [0.2, 0.25) is 11.8 Å². The predicted molar refractivity (Wildman–Crippen MR) is 122 cm³/mol. The summed E-state index contributed by atoms with van der Waals surface area (Å²) in [6.07, 6.45) is 3.16. The van der Waals surface area contributed by atoms with Gasteiger partial charge < -0.3 is 14.8 Å². The second-order valence-corrected chi connectivity index (χ2v) is 7.79. The zero-order valence-electron chi connectivity index (χ0n) is 16.9. The van der Waals surface area contributed by atoms with Crippen LogP contribution in [0.25, 0.3) is 22.2 Å². The van der Waals surface area contributed by atoms with Crippen LogP contribution in [-0.4, -0.2) is 34.1 Å². The normalized spacial score (nSPS) is 10.9. The summed E-state index contributed by atoms with van der Waals surface area (Å²) < 4.78 is 23.7. The van der Waals surface area contributed by atoms with Crippen molar-refractivity contribution >= 4 is 46.2 Å². The number of fused-ring (bicyclic) bond motifs is 1. The minimum Gasteiger partial charge on any atom is -0.480 e. The van der Waals surface area contributed by atoms with Gasteiger partial charge in [0.1, 0.15) is 0 Å². The van der Waals surface area contributed by atoms with Crippen LogP contribution < -0.4 is 14.8 Å². The molecule has 0 atom stereocenters. The molecular weight excluding hydrogens is 439 g/mol. The number of methoxy groups -OCH3 is 1.